The average Bonchev–Trinajstić information content (AvgIpc) is 2.32. The number of aliphatic hydroxyl groups excluding tert-OH is 2. The standard InChI is InChI=1S/C8H12O4.Na/c1-4(3-9)8-7(11)6(10)5(2)12-8;/h4,8-11H,2-3H2,1H3;/q;+1/p-1. The van der Waals surface area contributed by atoms with Gasteiger partial charge in [-0.15, -0.1) is 0 Å². The third kappa shape index (κ3) is 2.40. The summed E-state index contributed by atoms with van der Waals surface area (Å²) in [5, 5.41) is 28.9. The molecular weight excluding hydrogens is 183 g/mol. The number of rotatable bonds is 2. The van der Waals surface area contributed by atoms with Crippen molar-refractivity contribution >= 4 is 0 Å². The molecule has 0 aromatic carbocycles. The summed E-state index contributed by atoms with van der Waals surface area (Å²) in [6, 6.07) is 0. The molecule has 5 heteroatoms. The van der Waals surface area contributed by atoms with Crippen molar-refractivity contribution < 1.29 is 49.6 Å². The Morgan fingerprint density at radius 2 is 2.23 bits per heavy atom. The van der Waals surface area contributed by atoms with Crippen LogP contribution in [0, 0.1) is 5.92 Å². The van der Waals surface area contributed by atoms with Gasteiger partial charge in [0.25, 0.3) is 0 Å². The van der Waals surface area contributed by atoms with Gasteiger partial charge in [0.1, 0.15) is 11.9 Å². The van der Waals surface area contributed by atoms with Gasteiger partial charge in [-0.2, -0.15) is 0 Å². The molecule has 0 amide bonds. The molecule has 0 spiro atoms. The van der Waals surface area contributed by atoms with Gasteiger partial charge < -0.3 is 20.1 Å². The Balaban J connectivity index is 0.00000144. The third-order valence-corrected chi connectivity index (χ3v) is 1.83. The summed E-state index contributed by atoms with van der Waals surface area (Å²) < 4.78 is 4.95. The minimum atomic E-state index is -0.775. The maximum atomic E-state index is 11.1. The molecule has 2 N–H and O–H groups in total. The van der Waals surface area contributed by atoms with Crippen LogP contribution in [0.25, 0.3) is 0 Å². The van der Waals surface area contributed by atoms with E-state index in [0.717, 1.165) is 0 Å². The minimum Gasteiger partial charge on any atom is -0.870 e. The summed E-state index contributed by atoms with van der Waals surface area (Å²) in [6.07, 6.45) is -0.775. The maximum Gasteiger partial charge on any atom is 1.00 e. The van der Waals surface area contributed by atoms with Gasteiger partial charge in [-0.05, 0) is 5.76 Å². The predicted octanol–water partition coefficient (Wildman–Crippen LogP) is -3.34. The largest absolute Gasteiger partial charge is 1.00 e. The molecule has 0 bridgehead atoms. The monoisotopic (exact) mass is 194 g/mol. The van der Waals surface area contributed by atoms with E-state index in [4.69, 9.17) is 14.9 Å². The van der Waals surface area contributed by atoms with Crippen LogP contribution in [0.2, 0.25) is 0 Å². The Bertz CT molecular complexity index is 236. The third-order valence-electron chi connectivity index (χ3n) is 1.83. The molecule has 0 radical (unpaired) electrons. The van der Waals surface area contributed by atoms with Gasteiger partial charge >= 0.3 is 29.6 Å². The van der Waals surface area contributed by atoms with E-state index in [0.29, 0.717) is 0 Å². The van der Waals surface area contributed by atoms with E-state index in [1.807, 2.05) is 0 Å². The van der Waals surface area contributed by atoms with E-state index < -0.39 is 17.6 Å². The van der Waals surface area contributed by atoms with E-state index in [1.165, 1.54) is 0 Å². The smallest absolute Gasteiger partial charge is 0.870 e. The summed E-state index contributed by atoms with van der Waals surface area (Å²) in [6.45, 7) is 4.85. The van der Waals surface area contributed by atoms with Crippen LogP contribution >= 0.6 is 0 Å². The second kappa shape index (κ2) is 4.91. The molecule has 0 aromatic rings. The topological polar surface area (TPSA) is 72.8 Å². The Labute approximate surface area is 98.8 Å². The van der Waals surface area contributed by atoms with Gasteiger partial charge in [0, 0.05) is 12.5 Å². The number of hydrogen-bond acceptors (Lipinski definition) is 4. The molecule has 0 fully saturated rings. The van der Waals surface area contributed by atoms with Crippen LogP contribution in [0.15, 0.2) is 23.9 Å². The SMILES string of the molecule is C=C1OC(C(C)CO)C([O-])=C1O.[Na+]. The first-order valence-electron chi connectivity index (χ1n) is 3.64. The van der Waals surface area contributed by atoms with Gasteiger partial charge in [0.05, 0.1) is 0 Å². The Morgan fingerprint density at radius 3 is 2.54 bits per heavy atom. The van der Waals surface area contributed by atoms with Gasteiger partial charge in [-0.25, -0.2) is 0 Å². The predicted molar refractivity (Wildman–Crippen MR) is 39.9 cm³/mol. The summed E-state index contributed by atoms with van der Waals surface area (Å²) >= 11 is 0. The van der Waals surface area contributed by atoms with E-state index in [9.17, 15) is 5.11 Å². The normalized spacial score (nSPS) is 23.8. The van der Waals surface area contributed by atoms with Crippen molar-refractivity contribution in [3.8, 4) is 0 Å². The molecule has 1 aliphatic heterocycles. The van der Waals surface area contributed by atoms with E-state index in [2.05, 4.69) is 6.58 Å². The molecule has 1 rings (SSSR count). The fourth-order valence-corrected chi connectivity index (χ4v) is 1.01. The van der Waals surface area contributed by atoms with Gasteiger partial charge in [0.2, 0.25) is 0 Å². The molecule has 2 unspecified atom stereocenters. The number of ether oxygens (including phenoxy) is 1. The zero-order chi connectivity index (χ0) is 9.30. The summed E-state index contributed by atoms with van der Waals surface area (Å²) in [7, 11) is 0. The van der Waals surface area contributed by atoms with Crippen LogP contribution in [0.3, 0.4) is 0 Å². The van der Waals surface area contributed by atoms with Crippen molar-refractivity contribution in [3.05, 3.63) is 23.9 Å². The zero-order valence-electron chi connectivity index (χ0n) is 7.78. The molecule has 13 heavy (non-hydrogen) atoms. The second-order valence-corrected chi connectivity index (χ2v) is 2.83. The van der Waals surface area contributed by atoms with Crippen molar-refractivity contribution in [2.75, 3.05) is 6.61 Å². The second-order valence-electron chi connectivity index (χ2n) is 2.83. The van der Waals surface area contributed by atoms with Crippen molar-refractivity contribution in [2.24, 2.45) is 5.92 Å². The maximum absolute atomic E-state index is 11.1. The van der Waals surface area contributed by atoms with Gasteiger partial charge in [-0.1, -0.05) is 13.5 Å². The zero-order valence-corrected chi connectivity index (χ0v) is 9.78. The van der Waals surface area contributed by atoms with Crippen LogP contribution in [-0.2, 0) is 4.74 Å². The minimum absolute atomic E-state index is 0. The Kier molecular flexibility index (Phi) is 4.85. The number of hydrogen-bond donors (Lipinski definition) is 2. The van der Waals surface area contributed by atoms with Crippen LogP contribution in [0.5, 0.6) is 0 Å². The molecule has 4 nitrogen and oxygen atoms in total. The molecule has 0 aliphatic carbocycles. The van der Waals surface area contributed by atoms with Crippen molar-refractivity contribution in [3.63, 3.8) is 0 Å². The van der Waals surface area contributed by atoms with Crippen molar-refractivity contribution in [1.29, 1.82) is 0 Å². The molecule has 0 saturated heterocycles. The molecule has 68 valence electrons. The fourth-order valence-electron chi connectivity index (χ4n) is 1.01. The summed E-state index contributed by atoms with van der Waals surface area (Å²) in [4.78, 5) is 0. The molecular formula is C8H11NaO4. The molecule has 0 aromatic heterocycles. The van der Waals surface area contributed by atoms with Crippen LogP contribution < -0.4 is 34.7 Å². The summed E-state index contributed by atoms with van der Waals surface area (Å²) in [5.74, 6) is -1.26. The quantitative estimate of drug-likeness (QED) is 0.451. The fraction of sp³-hybridized carbons (Fsp3) is 0.500. The van der Waals surface area contributed by atoms with Crippen LogP contribution in [-0.4, -0.2) is 22.9 Å². The van der Waals surface area contributed by atoms with Crippen LogP contribution in [0.4, 0.5) is 0 Å². The van der Waals surface area contributed by atoms with E-state index in [-0.39, 0.29) is 47.8 Å². The average molecular weight is 194 g/mol. The van der Waals surface area contributed by atoms with Gasteiger partial charge in [-0.3, -0.25) is 0 Å². The number of aliphatic hydroxyl groups is 2. The van der Waals surface area contributed by atoms with Crippen molar-refractivity contribution in [1.82, 2.24) is 0 Å². The Hall–Kier alpha value is -0.160. The van der Waals surface area contributed by atoms with E-state index >= 15 is 0 Å². The van der Waals surface area contributed by atoms with Crippen molar-refractivity contribution in [2.45, 2.75) is 13.0 Å². The first kappa shape index (κ1) is 12.8. The molecule has 1 heterocycles. The Morgan fingerprint density at radius 1 is 1.69 bits per heavy atom. The first-order chi connectivity index (χ1) is 5.57. The summed E-state index contributed by atoms with van der Waals surface area (Å²) in [5.41, 5.74) is 0. The molecule has 2 atom stereocenters. The van der Waals surface area contributed by atoms with Gasteiger partial charge in [0.15, 0.2) is 5.76 Å². The molecule has 0 saturated carbocycles. The first-order valence-corrected chi connectivity index (χ1v) is 3.64. The van der Waals surface area contributed by atoms with E-state index in [1.54, 1.807) is 6.92 Å². The molecule has 1 aliphatic rings. The van der Waals surface area contributed by atoms with Crippen LogP contribution in [0.1, 0.15) is 6.92 Å².